The van der Waals surface area contributed by atoms with Crippen LogP contribution in [0.1, 0.15) is 5.56 Å². The van der Waals surface area contributed by atoms with Crippen LogP contribution < -0.4 is 5.73 Å². The standard InChI is InChI=1S/C12H8ClF3N2/c13-10-3-1-7(12(14,15)16)5-9(10)11-4-2-8(17)6-18-11/h1-6H,17H2. The molecular formula is C12H8ClF3N2. The highest BCUT2D eigenvalue weighted by Gasteiger charge is 2.31. The van der Waals surface area contributed by atoms with Crippen LogP contribution >= 0.6 is 11.6 Å². The first-order valence-corrected chi connectivity index (χ1v) is 5.34. The van der Waals surface area contributed by atoms with Crippen molar-refractivity contribution in [2.24, 2.45) is 0 Å². The molecule has 0 bridgehead atoms. The van der Waals surface area contributed by atoms with Gasteiger partial charge in [-0.3, -0.25) is 4.98 Å². The minimum Gasteiger partial charge on any atom is -0.397 e. The second kappa shape index (κ2) is 4.49. The predicted molar refractivity (Wildman–Crippen MR) is 64.1 cm³/mol. The predicted octanol–water partition coefficient (Wildman–Crippen LogP) is 4.00. The average Bonchev–Trinajstić information content (AvgIpc) is 2.29. The topological polar surface area (TPSA) is 38.9 Å². The lowest BCUT2D eigenvalue weighted by molar-refractivity contribution is -0.137. The lowest BCUT2D eigenvalue weighted by Gasteiger charge is -2.10. The number of nitrogen functional groups attached to an aromatic ring is 1. The van der Waals surface area contributed by atoms with Gasteiger partial charge in [-0.25, -0.2) is 0 Å². The first-order valence-electron chi connectivity index (χ1n) is 4.96. The second-order valence-corrected chi connectivity index (χ2v) is 4.08. The van der Waals surface area contributed by atoms with Gasteiger partial charge in [0.05, 0.1) is 23.1 Å². The molecule has 0 amide bonds. The molecule has 2 N–H and O–H groups in total. The third kappa shape index (κ3) is 2.56. The Labute approximate surface area is 106 Å². The second-order valence-electron chi connectivity index (χ2n) is 3.67. The Bertz CT molecular complexity index is 565. The normalized spacial score (nSPS) is 11.6. The molecule has 1 heterocycles. The summed E-state index contributed by atoms with van der Waals surface area (Å²) in [6.45, 7) is 0. The Morgan fingerprint density at radius 1 is 1.11 bits per heavy atom. The third-order valence-electron chi connectivity index (χ3n) is 2.36. The summed E-state index contributed by atoms with van der Waals surface area (Å²) in [6, 6.07) is 6.19. The number of nitrogens with zero attached hydrogens (tertiary/aromatic N) is 1. The molecule has 0 atom stereocenters. The van der Waals surface area contributed by atoms with E-state index in [4.69, 9.17) is 17.3 Å². The van der Waals surface area contributed by atoms with Gasteiger partial charge in [0.1, 0.15) is 0 Å². The van der Waals surface area contributed by atoms with E-state index in [2.05, 4.69) is 4.98 Å². The van der Waals surface area contributed by atoms with Crippen molar-refractivity contribution in [3.63, 3.8) is 0 Å². The molecule has 2 nitrogen and oxygen atoms in total. The smallest absolute Gasteiger partial charge is 0.397 e. The van der Waals surface area contributed by atoms with Crippen LogP contribution in [0, 0.1) is 0 Å². The lowest BCUT2D eigenvalue weighted by atomic mass is 10.1. The van der Waals surface area contributed by atoms with Gasteiger partial charge < -0.3 is 5.73 Å². The van der Waals surface area contributed by atoms with Crippen LogP contribution in [-0.2, 0) is 6.18 Å². The van der Waals surface area contributed by atoms with E-state index in [1.54, 1.807) is 6.07 Å². The number of rotatable bonds is 1. The highest BCUT2D eigenvalue weighted by molar-refractivity contribution is 6.33. The molecule has 0 spiro atoms. The van der Waals surface area contributed by atoms with Crippen LogP contribution in [0.3, 0.4) is 0 Å². The summed E-state index contributed by atoms with van der Waals surface area (Å²) in [5.41, 5.74) is 5.71. The van der Waals surface area contributed by atoms with E-state index in [1.165, 1.54) is 18.3 Å². The maximum Gasteiger partial charge on any atom is 0.416 e. The first-order chi connectivity index (χ1) is 8.38. The fourth-order valence-corrected chi connectivity index (χ4v) is 1.68. The van der Waals surface area contributed by atoms with Crippen molar-refractivity contribution < 1.29 is 13.2 Å². The summed E-state index contributed by atoms with van der Waals surface area (Å²) in [5, 5.41) is 0.209. The van der Waals surface area contributed by atoms with Crippen LogP contribution in [0.2, 0.25) is 5.02 Å². The molecule has 0 aliphatic heterocycles. The van der Waals surface area contributed by atoms with Crippen molar-refractivity contribution in [2.75, 3.05) is 5.73 Å². The quantitative estimate of drug-likeness (QED) is 0.852. The van der Waals surface area contributed by atoms with Crippen molar-refractivity contribution in [1.29, 1.82) is 0 Å². The van der Waals surface area contributed by atoms with Crippen LogP contribution in [0.4, 0.5) is 18.9 Å². The monoisotopic (exact) mass is 272 g/mol. The van der Waals surface area contributed by atoms with Gasteiger partial charge in [-0.15, -0.1) is 0 Å². The number of nitrogens with two attached hydrogens (primary N) is 1. The fourth-order valence-electron chi connectivity index (χ4n) is 1.46. The molecule has 0 radical (unpaired) electrons. The van der Waals surface area contributed by atoms with E-state index in [0.29, 0.717) is 11.4 Å². The van der Waals surface area contributed by atoms with Gasteiger partial charge in [0.2, 0.25) is 0 Å². The van der Waals surface area contributed by atoms with Gasteiger partial charge in [-0.05, 0) is 30.3 Å². The number of halogens is 4. The maximum atomic E-state index is 12.6. The summed E-state index contributed by atoms with van der Waals surface area (Å²) >= 11 is 5.88. The average molecular weight is 273 g/mol. The number of anilines is 1. The zero-order valence-electron chi connectivity index (χ0n) is 9.00. The van der Waals surface area contributed by atoms with Crippen molar-refractivity contribution in [1.82, 2.24) is 4.98 Å². The summed E-state index contributed by atoms with van der Waals surface area (Å²) < 4.78 is 37.8. The third-order valence-corrected chi connectivity index (χ3v) is 2.69. The molecule has 1 aromatic carbocycles. The molecule has 18 heavy (non-hydrogen) atoms. The Morgan fingerprint density at radius 2 is 1.83 bits per heavy atom. The summed E-state index contributed by atoms with van der Waals surface area (Å²) in [6.07, 6.45) is -3.04. The number of pyridine rings is 1. The Hall–Kier alpha value is -1.75. The highest BCUT2D eigenvalue weighted by atomic mass is 35.5. The molecule has 94 valence electrons. The highest BCUT2D eigenvalue weighted by Crippen LogP contribution is 2.35. The van der Waals surface area contributed by atoms with E-state index < -0.39 is 11.7 Å². The van der Waals surface area contributed by atoms with Gasteiger partial charge in [0.15, 0.2) is 0 Å². The fraction of sp³-hybridized carbons (Fsp3) is 0.0833. The summed E-state index contributed by atoms with van der Waals surface area (Å²) in [7, 11) is 0. The van der Waals surface area contributed by atoms with Gasteiger partial charge >= 0.3 is 6.18 Å². The largest absolute Gasteiger partial charge is 0.416 e. The van der Waals surface area contributed by atoms with Gasteiger partial charge in [0, 0.05) is 10.6 Å². The molecule has 2 aromatic rings. The molecule has 0 unspecified atom stereocenters. The molecule has 0 saturated carbocycles. The molecule has 1 aromatic heterocycles. The van der Waals surface area contributed by atoms with Gasteiger partial charge in [-0.2, -0.15) is 13.2 Å². The van der Waals surface area contributed by atoms with E-state index in [0.717, 1.165) is 12.1 Å². The minimum atomic E-state index is -4.41. The van der Waals surface area contributed by atoms with Crippen LogP contribution in [-0.4, -0.2) is 4.98 Å². The first kappa shape index (κ1) is 12.7. The van der Waals surface area contributed by atoms with Crippen molar-refractivity contribution in [3.8, 4) is 11.3 Å². The number of benzene rings is 1. The van der Waals surface area contributed by atoms with Crippen LogP contribution in [0.5, 0.6) is 0 Å². The molecule has 6 heteroatoms. The van der Waals surface area contributed by atoms with Crippen molar-refractivity contribution >= 4 is 17.3 Å². The molecular weight excluding hydrogens is 265 g/mol. The van der Waals surface area contributed by atoms with E-state index in [-0.39, 0.29) is 10.6 Å². The van der Waals surface area contributed by atoms with Gasteiger partial charge in [0.25, 0.3) is 0 Å². The number of aromatic nitrogens is 1. The van der Waals surface area contributed by atoms with E-state index in [9.17, 15) is 13.2 Å². The van der Waals surface area contributed by atoms with Gasteiger partial charge in [-0.1, -0.05) is 11.6 Å². The summed E-state index contributed by atoms with van der Waals surface area (Å²) in [4.78, 5) is 3.96. The van der Waals surface area contributed by atoms with Crippen LogP contribution in [0.15, 0.2) is 36.5 Å². The zero-order valence-corrected chi connectivity index (χ0v) is 9.76. The molecule has 0 fully saturated rings. The van der Waals surface area contributed by atoms with E-state index in [1.807, 2.05) is 0 Å². The number of alkyl halides is 3. The maximum absolute atomic E-state index is 12.6. The minimum absolute atomic E-state index is 0.209. The Balaban J connectivity index is 2.53. The molecule has 0 saturated heterocycles. The van der Waals surface area contributed by atoms with Crippen LogP contribution in [0.25, 0.3) is 11.3 Å². The molecule has 0 aliphatic rings. The SMILES string of the molecule is Nc1ccc(-c2cc(C(F)(F)F)ccc2Cl)nc1. The Kier molecular flexibility index (Phi) is 3.17. The zero-order chi connectivity index (χ0) is 13.3. The molecule has 2 rings (SSSR count). The molecule has 0 aliphatic carbocycles. The number of hydrogen-bond donors (Lipinski definition) is 1. The lowest BCUT2D eigenvalue weighted by Crippen LogP contribution is -2.05. The van der Waals surface area contributed by atoms with E-state index >= 15 is 0 Å². The van der Waals surface area contributed by atoms with Crippen molar-refractivity contribution in [2.45, 2.75) is 6.18 Å². The Morgan fingerprint density at radius 3 is 2.39 bits per heavy atom. The van der Waals surface area contributed by atoms with Crippen molar-refractivity contribution in [3.05, 3.63) is 47.1 Å². The summed E-state index contributed by atoms with van der Waals surface area (Å²) in [5.74, 6) is 0. The number of hydrogen-bond acceptors (Lipinski definition) is 2.